The maximum atomic E-state index is 12.3. The molecule has 0 spiro atoms. The molecule has 0 saturated carbocycles. The monoisotopic (exact) mass is 450 g/mol. The second-order valence-electron chi connectivity index (χ2n) is 7.53. The summed E-state index contributed by atoms with van der Waals surface area (Å²) in [5, 5.41) is 20.4. The lowest BCUT2D eigenvalue weighted by molar-refractivity contribution is 0.0814. The van der Waals surface area contributed by atoms with E-state index in [1.165, 1.54) is 0 Å². The van der Waals surface area contributed by atoms with Crippen LogP contribution in [-0.2, 0) is 13.6 Å². The first kappa shape index (κ1) is 26.1. The topological polar surface area (TPSA) is 114 Å². The summed E-state index contributed by atoms with van der Waals surface area (Å²) in [4.78, 5) is 4.33. The van der Waals surface area contributed by atoms with Crippen molar-refractivity contribution in [2.75, 3.05) is 118 Å². The second kappa shape index (κ2) is 18.4. The Hall–Kier alpha value is -0.170. The van der Waals surface area contributed by atoms with Crippen molar-refractivity contribution in [2.24, 2.45) is 0 Å². The molecule has 0 atom stereocenters. The van der Waals surface area contributed by atoms with Crippen molar-refractivity contribution >= 4 is 8.25 Å². The molecule has 0 aromatic carbocycles. The van der Waals surface area contributed by atoms with Gasteiger partial charge in [-0.3, -0.25) is 23.4 Å². The number of hydrogen-bond acceptors (Lipinski definition) is 11. The molecule has 6 N–H and O–H groups in total. The largest absolute Gasteiger partial charge is 0.321 e. The van der Waals surface area contributed by atoms with Crippen LogP contribution in [0.5, 0.6) is 0 Å². The zero-order chi connectivity index (χ0) is 21.1. The van der Waals surface area contributed by atoms with E-state index in [1.807, 2.05) is 0 Å². The highest BCUT2D eigenvalue weighted by Gasteiger charge is 2.11. The molecule has 2 aliphatic heterocycles. The maximum Gasteiger partial charge on any atom is 0.321 e. The Morgan fingerprint density at radius 3 is 1.07 bits per heavy atom. The van der Waals surface area contributed by atoms with Gasteiger partial charge in [0.1, 0.15) is 13.5 Å². The van der Waals surface area contributed by atoms with E-state index < -0.39 is 8.25 Å². The first-order chi connectivity index (χ1) is 14.8. The standard InChI is InChI=1S/C18H43N8O3P/c27-30(28-17-25-13-9-21-5-1-19-2-6-22-10-14-25)29-18-26-15-11-23-7-3-20-4-8-24-12-16-26/h19-24,30H,1-18H2. The molecule has 2 heterocycles. The normalized spacial score (nSPS) is 23.8. The van der Waals surface area contributed by atoms with Crippen molar-refractivity contribution in [1.82, 2.24) is 41.7 Å². The summed E-state index contributed by atoms with van der Waals surface area (Å²) in [6.07, 6.45) is 0. The summed E-state index contributed by atoms with van der Waals surface area (Å²) in [5.74, 6) is 0. The molecule has 0 aliphatic carbocycles. The highest BCUT2D eigenvalue weighted by Crippen LogP contribution is 2.23. The van der Waals surface area contributed by atoms with Crippen molar-refractivity contribution in [1.29, 1.82) is 0 Å². The first-order valence-electron chi connectivity index (χ1n) is 11.3. The van der Waals surface area contributed by atoms with Crippen molar-refractivity contribution in [2.45, 2.75) is 0 Å². The van der Waals surface area contributed by atoms with Gasteiger partial charge in [-0.2, -0.15) is 0 Å². The van der Waals surface area contributed by atoms with Crippen LogP contribution < -0.4 is 31.9 Å². The highest BCUT2D eigenvalue weighted by molar-refractivity contribution is 7.33. The van der Waals surface area contributed by atoms with Crippen LogP contribution in [0.3, 0.4) is 0 Å². The van der Waals surface area contributed by atoms with Crippen LogP contribution >= 0.6 is 8.25 Å². The van der Waals surface area contributed by atoms with Gasteiger partial charge in [-0.15, -0.1) is 0 Å². The van der Waals surface area contributed by atoms with Crippen LogP contribution in [0.25, 0.3) is 0 Å². The van der Waals surface area contributed by atoms with E-state index in [0.29, 0.717) is 13.5 Å². The zero-order valence-electron chi connectivity index (χ0n) is 18.3. The fraction of sp³-hybridized carbons (Fsp3) is 1.00. The van der Waals surface area contributed by atoms with Crippen LogP contribution in [0.4, 0.5) is 0 Å². The van der Waals surface area contributed by atoms with Crippen molar-refractivity contribution < 1.29 is 13.6 Å². The third kappa shape index (κ3) is 14.0. The van der Waals surface area contributed by atoms with E-state index in [-0.39, 0.29) is 0 Å². The van der Waals surface area contributed by atoms with Crippen LogP contribution in [0.1, 0.15) is 0 Å². The molecular formula is C18H43N8O3P. The van der Waals surface area contributed by atoms with Gasteiger partial charge in [-0.25, -0.2) is 0 Å². The number of nitrogens with zero attached hydrogens (tertiary/aromatic N) is 2. The average molecular weight is 451 g/mol. The van der Waals surface area contributed by atoms with Gasteiger partial charge >= 0.3 is 8.25 Å². The van der Waals surface area contributed by atoms with Crippen LogP contribution in [0.15, 0.2) is 0 Å². The lowest BCUT2D eigenvalue weighted by atomic mass is 10.4. The summed E-state index contributed by atoms with van der Waals surface area (Å²) in [6, 6.07) is 0. The molecule has 12 heteroatoms. The second-order valence-corrected chi connectivity index (χ2v) is 8.61. The summed E-state index contributed by atoms with van der Waals surface area (Å²) in [6.45, 7) is 15.3. The minimum atomic E-state index is -2.52. The Labute approximate surface area is 182 Å². The van der Waals surface area contributed by atoms with Crippen LogP contribution in [0.2, 0.25) is 0 Å². The molecule has 2 rings (SSSR count). The molecule has 0 amide bonds. The van der Waals surface area contributed by atoms with E-state index in [0.717, 1.165) is 105 Å². The minimum absolute atomic E-state index is 0.329. The molecule has 2 aliphatic rings. The zero-order valence-corrected chi connectivity index (χ0v) is 19.3. The van der Waals surface area contributed by atoms with Crippen LogP contribution in [0, 0.1) is 0 Å². The van der Waals surface area contributed by atoms with Crippen molar-refractivity contribution in [3.63, 3.8) is 0 Å². The Balaban J connectivity index is 1.64. The molecule has 0 bridgehead atoms. The van der Waals surface area contributed by atoms with Gasteiger partial charge in [0.25, 0.3) is 0 Å². The van der Waals surface area contributed by atoms with Gasteiger partial charge in [0, 0.05) is 105 Å². The third-order valence-corrected chi connectivity index (χ3v) is 5.79. The molecule has 2 saturated heterocycles. The van der Waals surface area contributed by atoms with Gasteiger partial charge in [0.2, 0.25) is 0 Å². The Morgan fingerprint density at radius 2 is 0.767 bits per heavy atom. The quantitative estimate of drug-likeness (QED) is 0.241. The SMILES string of the molecule is O=[PH](OCN1CCNCCNCCNCC1)OCN1CCNCCNCCNCC1. The molecule has 178 valence electrons. The molecule has 0 aromatic rings. The number of rotatable bonds is 6. The van der Waals surface area contributed by atoms with E-state index in [9.17, 15) is 4.57 Å². The fourth-order valence-corrected chi connectivity index (χ4v) is 3.88. The van der Waals surface area contributed by atoms with E-state index >= 15 is 0 Å². The van der Waals surface area contributed by atoms with Gasteiger partial charge in [-0.05, 0) is 0 Å². The van der Waals surface area contributed by atoms with Gasteiger partial charge in [0.15, 0.2) is 0 Å². The number of hydrogen-bond donors (Lipinski definition) is 6. The van der Waals surface area contributed by atoms with E-state index in [2.05, 4.69) is 41.7 Å². The summed E-state index contributed by atoms with van der Waals surface area (Å²) >= 11 is 0. The fourth-order valence-electron chi connectivity index (χ4n) is 3.22. The van der Waals surface area contributed by atoms with Gasteiger partial charge < -0.3 is 31.9 Å². The minimum Gasteiger partial charge on any atom is -0.314 e. The summed E-state index contributed by atoms with van der Waals surface area (Å²) in [5.41, 5.74) is 0. The Bertz CT molecular complexity index is 378. The van der Waals surface area contributed by atoms with E-state index in [4.69, 9.17) is 9.05 Å². The smallest absolute Gasteiger partial charge is 0.314 e. The predicted octanol–water partition coefficient (Wildman–Crippen LogP) is -2.51. The Kier molecular flexibility index (Phi) is 16.0. The molecular weight excluding hydrogens is 407 g/mol. The van der Waals surface area contributed by atoms with Gasteiger partial charge in [0.05, 0.1) is 0 Å². The van der Waals surface area contributed by atoms with Crippen molar-refractivity contribution in [3.05, 3.63) is 0 Å². The van der Waals surface area contributed by atoms with Crippen LogP contribution in [-0.4, -0.2) is 128 Å². The summed E-state index contributed by atoms with van der Waals surface area (Å²) in [7, 11) is -2.52. The van der Waals surface area contributed by atoms with Gasteiger partial charge in [-0.1, -0.05) is 0 Å². The highest BCUT2D eigenvalue weighted by atomic mass is 31.1. The molecule has 0 radical (unpaired) electrons. The molecule has 0 aromatic heterocycles. The Morgan fingerprint density at radius 1 is 0.500 bits per heavy atom. The van der Waals surface area contributed by atoms with E-state index in [1.54, 1.807) is 0 Å². The molecule has 2 fully saturated rings. The maximum absolute atomic E-state index is 12.3. The van der Waals surface area contributed by atoms with Crippen molar-refractivity contribution in [3.8, 4) is 0 Å². The first-order valence-corrected chi connectivity index (χ1v) is 12.6. The lowest BCUT2D eigenvalue weighted by Gasteiger charge is -2.25. The summed E-state index contributed by atoms with van der Waals surface area (Å²) < 4.78 is 23.4. The number of nitrogens with one attached hydrogen (secondary N) is 6. The predicted molar refractivity (Wildman–Crippen MR) is 121 cm³/mol. The average Bonchev–Trinajstić information content (AvgIpc) is 2.73. The molecule has 11 nitrogen and oxygen atoms in total. The third-order valence-electron chi connectivity index (χ3n) is 5.06. The molecule has 0 unspecified atom stereocenters. The lowest BCUT2D eigenvalue weighted by Crippen LogP contribution is -2.42. The molecule has 30 heavy (non-hydrogen) atoms.